The molecule has 0 N–H and O–H groups in total. The zero-order valence-corrected chi connectivity index (χ0v) is 19.4. The molecular formula is C25H22ClN3O2S. The van der Waals surface area contributed by atoms with Gasteiger partial charge in [-0.05, 0) is 72.9 Å². The fraction of sp³-hybridized carbons (Fsp3) is 0.200. The van der Waals surface area contributed by atoms with Crippen molar-refractivity contribution in [2.45, 2.75) is 31.7 Å². The molecule has 0 aliphatic carbocycles. The predicted octanol–water partition coefficient (Wildman–Crippen LogP) is 5.31. The summed E-state index contributed by atoms with van der Waals surface area (Å²) in [5.41, 5.74) is 5.97. The number of para-hydroxylation sites is 1. The van der Waals surface area contributed by atoms with Crippen LogP contribution in [0, 0.1) is 13.8 Å². The first-order valence-corrected chi connectivity index (χ1v) is 12.3. The molecule has 0 bridgehead atoms. The third-order valence-electron chi connectivity index (χ3n) is 6.03. The molecule has 32 heavy (non-hydrogen) atoms. The molecule has 0 saturated heterocycles. The number of rotatable bonds is 3. The van der Waals surface area contributed by atoms with E-state index in [0.29, 0.717) is 35.0 Å². The lowest BCUT2D eigenvalue weighted by Gasteiger charge is -2.29. The van der Waals surface area contributed by atoms with Crippen molar-refractivity contribution in [3.05, 3.63) is 88.1 Å². The van der Waals surface area contributed by atoms with Crippen molar-refractivity contribution in [1.29, 1.82) is 0 Å². The summed E-state index contributed by atoms with van der Waals surface area (Å²) in [6.45, 7) is 4.30. The van der Waals surface area contributed by atoms with Crippen LogP contribution in [-0.4, -0.2) is 29.2 Å². The van der Waals surface area contributed by atoms with E-state index >= 15 is 0 Å². The molecule has 0 spiro atoms. The van der Waals surface area contributed by atoms with E-state index in [4.69, 9.17) is 16.6 Å². The smallest absolute Gasteiger partial charge is 0.243 e. The normalized spacial score (nSPS) is 14.5. The second kappa shape index (κ2) is 7.96. The van der Waals surface area contributed by atoms with Gasteiger partial charge in [0.1, 0.15) is 0 Å². The summed E-state index contributed by atoms with van der Waals surface area (Å²) in [4.78, 5) is 9.71. The molecule has 0 atom stereocenters. The standard InChI is InChI=1S/C25H22ClN3O2S/c1-16-14-24(17(2)13-21(16)26)32(30,31)29-12-10-20-19(15-29)9-11-27-25(20)23-8-7-18-5-3-4-6-22(18)28-23/h3-9,11,13-14H,10,12,15H2,1-2H3. The Balaban J connectivity index is 1.52. The molecule has 1 aliphatic rings. The molecule has 1 aliphatic heterocycles. The summed E-state index contributed by atoms with van der Waals surface area (Å²) >= 11 is 6.18. The number of aromatic nitrogens is 2. The van der Waals surface area contributed by atoms with Gasteiger partial charge in [-0.3, -0.25) is 4.98 Å². The number of nitrogens with zero attached hydrogens (tertiary/aromatic N) is 3. The Morgan fingerprint density at radius 2 is 1.81 bits per heavy atom. The van der Waals surface area contributed by atoms with E-state index in [0.717, 1.165) is 39.0 Å². The van der Waals surface area contributed by atoms with Gasteiger partial charge >= 0.3 is 0 Å². The van der Waals surface area contributed by atoms with Crippen LogP contribution in [0.25, 0.3) is 22.3 Å². The number of hydrogen-bond acceptors (Lipinski definition) is 4. The van der Waals surface area contributed by atoms with Crippen molar-refractivity contribution < 1.29 is 8.42 Å². The first kappa shape index (κ1) is 21.1. The molecule has 4 aromatic rings. The van der Waals surface area contributed by atoms with Gasteiger partial charge in [0.15, 0.2) is 0 Å². The van der Waals surface area contributed by atoms with Gasteiger partial charge in [-0.25, -0.2) is 13.4 Å². The zero-order chi connectivity index (χ0) is 22.5. The Hall–Kier alpha value is -2.80. The van der Waals surface area contributed by atoms with Crippen molar-refractivity contribution >= 4 is 32.5 Å². The van der Waals surface area contributed by atoms with Crippen LogP contribution in [0.5, 0.6) is 0 Å². The predicted molar refractivity (Wildman–Crippen MR) is 127 cm³/mol. The summed E-state index contributed by atoms with van der Waals surface area (Å²) in [5, 5.41) is 1.65. The molecule has 2 aromatic carbocycles. The minimum Gasteiger partial charge on any atom is -0.254 e. The van der Waals surface area contributed by atoms with Crippen LogP contribution >= 0.6 is 11.6 Å². The average molecular weight is 464 g/mol. The SMILES string of the molecule is Cc1cc(S(=O)(=O)N2CCc3c(ccnc3-c3ccc4ccccc4n3)C2)c(C)cc1Cl. The van der Waals surface area contributed by atoms with Gasteiger partial charge in [-0.1, -0.05) is 35.9 Å². The Bertz CT molecular complexity index is 1470. The van der Waals surface area contributed by atoms with Crippen molar-refractivity contribution in [3.8, 4) is 11.4 Å². The van der Waals surface area contributed by atoms with Gasteiger partial charge in [0.25, 0.3) is 0 Å². The number of hydrogen-bond donors (Lipinski definition) is 0. The van der Waals surface area contributed by atoms with Crippen LogP contribution in [0.1, 0.15) is 22.3 Å². The first-order chi connectivity index (χ1) is 15.3. The highest BCUT2D eigenvalue weighted by Gasteiger charge is 2.31. The molecule has 0 unspecified atom stereocenters. The van der Waals surface area contributed by atoms with Crippen molar-refractivity contribution in [3.63, 3.8) is 0 Å². The van der Waals surface area contributed by atoms with Crippen LogP contribution in [-0.2, 0) is 23.0 Å². The highest BCUT2D eigenvalue weighted by molar-refractivity contribution is 7.89. The molecule has 0 fully saturated rings. The molecule has 5 nitrogen and oxygen atoms in total. The minimum atomic E-state index is -3.64. The third kappa shape index (κ3) is 3.58. The molecule has 0 amide bonds. The van der Waals surface area contributed by atoms with E-state index in [9.17, 15) is 8.42 Å². The number of benzene rings is 2. The van der Waals surface area contributed by atoms with E-state index in [1.165, 1.54) is 0 Å². The number of aryl methyl sites for hydroxylation is 2. The molecule has 0 radical (unpaired) electrons. The maximum absolute atomic E-state index is 13.4. The fourth-order valence-electron chi connectivity index (χ4n) is 4.26. The highest BCUT2D eigenvalue weighted by Crippen LogP contribution is 2.32. The van der Waals surface area contributed by atoms with E-state index in [1.807, 2.05) is 49.4 Å². The summed E-state index contributed by atoms with van der Waals surface area (Å²) in [6.07, 6.45) is 2.32. The summed E-state index contributed by atoms with van der Waals surface area (Å²) in [7, 11) is -3.64. The lowest BCUT2D eigenvalue weighted by molar-refractivity contribution is 0.391. The molecular weight excluding hydrogens is 442 g/mol. The van der Waals surface area contributed by atoms with Crippen LogP contribution in [0.15, 0.2) is 65.7 Å². The summed E-state index contributed by atoms with van der Waals surface area (Å²) in [5.74, 6) is 0. The highest BCUT2D eigenvalue weighted by atomic mass is 35.5. The van der Waals surface area contributed by atoms with Gasteiger partial charge < -0.3 is 0 Å². The monoisotopic (exact) mass is 463 g/mol. The Labute approximate surface area is 192 Å². The van der Waals surface area contributed by atoms with Gasteiger partial charge in [0.2, 0.25) is 10.0 Å². The van der Waals surface area contributed by atoms with Crippen LogP contribution in [0.4, 0.5) is 0 Å². The van der Waals surface area contributed by atoms with Crippen LogP contribution in [0.3, 0.4) is 0 Å². The van der Waals surface area contributed by atoms with E-state index in [1.54, 1.807) is 29.6 Å². The largest absolute Gasteiger partial charge is 0.254 e. The van der Waals surface area contributed by atoms with Gasteiger partial charge in [0, 0.05) is 29.7 Å². The number of halogens is 1. The lowest BCUT2D eigenvalue weighted by atomic mass is 9.98. The van der Waals surface area contributed by atoms with Crippen LogP contribution < -0.4 is 0 Å². The molecule has 5 rings (SSSR count). The molecule has 2 aromatic heterocycles. The van der Waals surface area contributed by atoms with Gasteiger partial charge in [-0.2, -0.15) is 4.31 Å². The molecule has 162 valence electrons. The van der Waals surface area contributed by atoms with Crippen molar-refractivity contribution in [2.24, 2.45) is 0 Å². The molecule has 0 saturated carbocycles. The average Bonchev–Trinajstić information content (AvgIpc) is 2.80. The molecule has 7 heteroatoms. The maximum Gasteiger partial charge on any atom is 0.243 e. The number of sulfonamides is 1. The van der Waals surface area contributed by atoms with Gasteiger partial charge in [0.05, 0.1) is 21.8 Å². The van der Waals surface area contributed by atoms with E-state index < -0.39 is 10.0 Å². The number of pyridine rings is 2. The molecule has 3 heterocycles. The number of fused-ring (bicyclic) bond motifs is 2. The Morgan fingerprint density at radius 3 is 2.66 bits per heavy atom. The maximum atomic E-state index is 13.4. The van der Waals surface area contributed by atoms with Crippen molar-refractivity contribution in [1.82, 2.24) is 14.3 Å². The topological polar surface area (TPSA) is 63.2 Å². The Kier molecular flexibility index (Phi) is 5.24. The van der Waals surface area contributed by atoms with Crippen molar-refractivity contribution in [2.75, 3.05) is 6.54 Å². The summed E-state index contributed by atoms with van der Waals surface area (Å²) in [6, 6.07) is 17.3. The summed E-state index contributed by atoms with van der Waals surface area (Å²) < 4.78 is 28.4. The van der Waals surface area contributed by atoms with E-state index in [2.05, 4.69) is 4.98 Å². The quantitative estimate of drug-likeness (QED) is 0.413. The van der Waals surface area contributed by atoms with Crippen LogP contribution in [0.2, 0.25) is 5.02 Å². The Morgan fingerprint density at radius 1 is 1.00 bits per heavy atom. The fourth-order valence-corrected chi connectivity index (χ4v) is 6.19. The zero-order valence-electron chi connectivity index (χ0n) is 17.8. The first-order valence-electron chi connectivity index (χ1n) is 10.4. The van der Waals surface area contributed by atoms with Gasteiger partial charge in [-0.15, -0.1) is 0 Å². The minimum absolute atomic E-state index is 0.307. The second-order valence-corrected chi connectivity index (χ2v) is 10.5. The lowest BCUT2D eigenvalue weighted by Crippen LogP contribution is -2.36. The third-order valence-corrected chi connectivity index (χ3v) is 8.42. The van der Waals surface area contributed by atoms with E-state index in [-0.39, 0.29) is 0 Å². The second-order valence-electron chi connectivity index (χ2n) is 8.14.